The molecule has 0 saturated heterocycles. The summed E-state index contributed by atoms with van der Waals surface area (Å²) in [6.07, 6.45) is 5.92. The molecule has 1 aromatic rings. The molecule has 0 bridgehead atoms. The molecule has 0 heterocycles. The van der Waals surface area contributed by atoms with Crippen molar-refractivity contribution in [3.8, 4) is 12.3 Å². The fourth-order valence-electron chi connectivity index (χ4n) is 1.03. The summed E-state index contributed by atoms with van der Waals surface area (Å²) in [5, 5.41) is 3.27. The second-order valence-electron chi connectivity index (χ2n) is 2.72. The molecule has 68 valence electrons. The van der Waals surface area contributed by atoms with Crippen LogP contribution in [0.1, 0.15) is 12.0 Å². The van der Waals surface area contributed by atoms with E-state index >= 15 is 0 Å². The predicted octanol–water partition coefficient (Wildman–Crippen LogP) is 2.56. The minimum absolute atomic E-state index is 0.782. The number of terminal acetylenes is 1. The Morgan fingerprint density at radius 1 is 1.38 bits per heavy atom. The summed E-state index contributed by atoms with van der Waals surface area (Å²) in [5.74, 6) is 2.59. The topological polar surface area (TPSA) is 12.0 Å². The van der Waals surface area contributed by atoms with Gasteiger partial charge in [0.1, 0.15) is 0 Å². The Labute approximate surface area is 87.7 Å². The van der Waals surface area contributed by atoms with E-state index in [0.717, 1.165) is 24.0 Å². The average Bonchev–Trinajstić information content (AvgIpc) is 2.15. The third-order valence-electron chi connectivity index (χ3n) is 1.72. The zero-order chi connectivity index (χ0) is 9.52. The van der Waals surface area contributed by atoms with Crippen molar-refractivity contribution in [1.29, 1.82) is 0 Å². The molecule has 1 rings (SSSR count). The third kappa shape index (κ3) is 3.63. The van der Waals surface area contributed by atoms with Crippen LogP contribution in [0.4, 0.5) is 0 Å². The standard InChI is InChI=1S/C11H12BrN/c1-2-3-8-13-9-10-6-4-5-7-11(10)12/h1,4-7,13H,3,8-9H2. The van der Waals surface area contributed by atoms with Crippen molar-refractivity contribution in [3.05, 3.63) is 34.3 Å². The molecule has 1 nitrogen and oxygen atoms in total. The van der Waals surface area contributed by atoms with Gasteiger partial charge in [0, 0.05) is 24.0 Å². The Kier molecular flexibility index (Phi) is 4.59. The molecule has 0 aliphatic heterocycles. The van der Waals surface area contributed by atoms with E-state index in [-0.39, 0.29) is 0 Å². The highest BCUT2D eigenvalue weighted by molar-refractivity contribution is 9.10. The zero-order valence-electron chi connectivity index (χ0n) is 7.39. The summed E-state index contributed by atoms with van der Waals surface area (Å²) < 4.78 is 1.14. The Bertz CT molecular complexity index is 301. The van der Waals surface area contributed by atoms with Crippen molar-refractivity contribution in [3.63, 3.8) is 0 Å². The van der Waals surface area contributed by atoms with E-state index in [9.17, 15) is 0 Å². The molecule has 0 saturated carbocycles. The van der Waals surface area contributed by atoms with Crippen LogP contribution in [0.3, 0.4) is 0 Å². The van der Waals surface area contributed by atoms with Crippen LogP contribution in [-0.2, 0) is 6.54 Å². The number of halogens is 1. The first-order valence-corrected chi connectivity index (χ1v) is 5.01. The molecule has 0 aliphatic rings. The smallest absolute Gasteiger partial charge is 0.0220 e. The number of nitrogens with one attached hydrogen (secondary N) is 1. The van der Waals surface area contributed by atoms with Crippen LogP contribution in [0.2, 0.25) is 0 Å². The van der Waals surface area contributed by atoms with Gasteiger partial charge in [-0.25, -0.2) is 0 Å². The fourth-order valence-corrected chi connectivity index (χ4v) is 1.45. The van der Waals surface area contributed by atoms with E-state index < -0.39 is 0 Å². The SMILES string of the molecule is C#CCCNCc1ccccc1Br. The van der Waals surface area contributed by atoms with Crippen LogP contribution < -0.4 is 5.32 Å². The van der Waals surface area contributed by atoms with Crippen LogP contribution in [0.15, 0.2) is 28.7 Å². The van der Waals surface area contributed by atoms with Gasteiger partial charge >= 0.3 is 0 Å². The van der Waals surface area contributed by atoms with Gasteiger partial charge in [0.15, 0.2) is 0 Å². The molecule has 0 fully saturated rings. The van der Waals surface area contributed by atoms with Crippen molar-refractivity contribution in [2.45, 2.75) is 13.0 Å². The van der Waals surface area contributed by atoms with Gasteiger partial charge in [-0.3, -0.25) is 0 Å². The van der Waals surface area contributed by atoms with Gasteiger partial charge in [0.25, 0.3) is 0 Å². The summed E-state index contributed by atoms with van der Waals surface area (Å²) in [5.41, 5.74) is 1.26. The molecule has 0 aromatic heterocycles. The second-order valence-corrected chi connectivity index (χ2v) is 3.58. The molecule has 1 aromatic carbocycles. The summed E-state index contributed by atoms with van der Waals surface area (Å²) in [6, 6.07) is 8.17. The maximum atomic E-state index is 5.14. The normalized spacial score (nSPS) is 9.54. The van der Waals surface area contributed by atoms with Crippen molar-refractivity contribution in [1.82, 2.24) is 5.32 Å². The van der Waals surface area contributed by atoms with E-state index in [0.29, 0.717) is 0 Å². The molecule has 2 heteroatoms. The zero-order valence-corrected chi connectivity index (χ0v) is 8.97. The highest BCUT2D eigenvalue weighted by Gasteiger charge is 1.95. The van der Waals surface area contributed by atoms with Gasteiger partial charge in [-0.15, -0.1) is 12.3 Å². The van der Waals surface area contributed by atoms with Gasteiger partial charge in [0.2, 0.25) is 0 Å². The summed E-state index contributed by atoms with van der Waals surface area (Å²) >= 11 is 3.49. The maximum absolute atomic E-state index is 5.14. The molecule has 0 spiro atoms. The predicted molar refractivity (Wildman–Crippen MR) is 59.3 cm³/mol. The first kappa shape index (κ1) is 10.3. The van der Waals surface area contributed by atoms with E-state index in [1.807, 2.05) is 18.2 Å². The molecule has 0 unspecified atom stereocenters. The lowest BCUT2D eigenvalue weighted by Gasteiger charge is -2.04. The lowest BCUT2D eigenvalue weighted by Crippen LogP contribution is -2.14. The van der Waals surface area contributed by atoms with E-state index in [4.69, 9.17) is 6.42 Å². The molecular formula is C11H12BrN. The van der Waals surface area contributed by atoms with Gasteiger partial charge < -0.3 is 5.32 Å². The van der Waals surface area contributed by atoms with E-state index in [2.05, 4.69) is 33.2 Å². The quantitative estimate of drug-likeness (QED) is 0.628. The average molecular weight is 238 g/mol. The summed E-state index contributed by atoms with van der Waals surface area (Å²) in [4.78, 5) is 0. The van der Waals surface area contributed by atoms with E-state index in [1.54, 1.807) is 0 Å². The van der Waals surface area contributed by atoms with Gasteiger partial charge in [-0.1, -0.05) is 34.1 Å². The van der Waals surface area contributed by atoms with Gasteiger partial charge in [-0.2, -0.15) is 0 Å². The summed E-state index contributed by atoms with van der Waals surface area (Å²) in [7, 11) is 0. The number of benzene rings is 1. The van der Waals surface area contributed by atoms with Crippen LogP contribution in [0, 0.1) is 12.3 Å². The highest BCUT2D eigenvalue weighted by Crippen LogP contribution is 2.14. The lowest BCUT2D eigenvalue weighted by atomic mass is 10.2. The van der Waals surface area contributed by atoms with E-state index in [1.165, 1.54) is 5.56 Å². The number of hydrogen-bond donors (Lipinski definition) is 1. The van der Waals surface area contributed by atoms with Gasteiger partial charge in [-0.05, 0) is 11.6 Å². The second kappa shape index (κ2) is 5.80. The first-order valence-electron chi connectivity index (χ1n) is 4.22. The molecule has 0 radical (unpaired) electrons. The summed E-state index contributed by atoms with van der Waals surface area (Å²) in [6.45, 7) is 1.74. The molecule has 1 N–H and O–H groups in total. The number of rotatable bonds is 4. The Morgan fingerprint density at radius 3 is 2.85 bits per heavy atom. The Balaban J connectivity index is 2.37. The van der Waals surface area contributed by atoms with Crippen LogP contribution in [-0.4, -0.2) is 6.54 Å². The minimum atomic E-state index is 0.782. The molecule has 0 atom stereocenters. The monoisotopic (exact) mass is 237 g/mol. The van der Waals surface area contributed by atoms with Crippen LogP contribution in [0.5, 0.6) is 0 Å². The molecule has 0 amide bonds. The Morgan fingerprint density at radius 2 is 2.15 bits per heavy atom. The van der Waals surface area contributed by atoms with Crippen LogP contribution >= 0.6 is 15.9 Å². The van der Waals surface area contributed by atoms with Gasteiger partial charge in [0.05, 0.1) is 0 Å². The Hall–Kier alpha value is -0.780. The molecule has 0 aliphatic carbocycles. The van der Waals surface area contributed by atoms with Crippen molar-refractivity contribution >= 4 is 15.9 Å². The third-order valence-corrected chi connectivity index (χ3v) is 2.49. The fraction of sp³-hybridized carbons (Fsp3) is 0.273. The number of hydrogen-bond acceptors (Lipinski definition) is 1. The van der Waals surface area contributed by atoms with Crippen molar-refractivity contribution in [2.24, 2.45) is 0 Å². The van der Waals surface area contributed by atoms with Crippen molar-refractivity contribution < 1.29 is 0 Å². The maximum Gasteiger partial charge on any atom is 0.0220 e. The van der Waals surface area contributed by atoms with Crippen LogP contribution in [0.25, 0.3) is 0 Å². The minimum Gasteiger partial charge on any atom is -0.312 e. The lowest BCUT2D eigenvalue weighted by molar-refractivity contribution is 0.699. The molecular weight excluding hydrogens is 226 g/mol. The highest BCUT2D eigenvalue weighted by atomic mass is 79.9. The van der Waals surface area contributed by atoms with Crippen molar-refractivity contribution in [2.75, 3.05) is 6.54 Å². The molecule has 13 heavy (non-hydrogen) atoms. The first-order chi connectivity index (χ1) is 6.34. The largest absolute Gasteiger partial charge is 0.312 e.